The summed E-state index contributed by atoms with van der Waals surface area (Å²) in [6.45, 7) is 0.0477. The number of aromatic nitrogens is 2. The van der Waals surface area contributed by atoms with Crippen molar-refractivity contribution in [2.75, 3.05) is 24.4 Å². The second kappa shape index (κ2) is 10.2. The fourth-order valence-corrected chi connectivity index (χ4v) is 7.34. The number of nitrogens with one attached hydrogen (secondary N) is 4. The Bertz CT molecular complexity index is 1110. The van der Waals surface area contributed by atoms with Gasteiger partial charge in [0.15, 0.2) is 0 Å². The fraction of sp³-hybridized carbons (Fsp3) is 0.565. The molecule has 0 spiro atoms. The van der Waals surface area contributed by atoms with Gasteiger partial charge in [-0.15, -0.1) is 0 Å². The van der Waals surface area contributed by atoms with E-state index in [2.05, 4.69) is 31.5 Å². The molecule has 3 unspecified atom stereocenters. The van der Waals surface area contributed by atoms with Gasteiger partial charge in [0.2, 0.25) is 21.9 Å². The third kappa shape index (κ3) is 5.21. The van der Waals surface area contributed by atoms with E-state index in [1.54, 1.807) is 41.7 Å². The highest BCUT2D eigenvalue weighted by molar-refractivity contribution is 7.89. The molecule has 4 heterocycles. The van der Waals surface area contributed by atoms with Crippen molar-refractivity contribution >= 4 is 21.8 Å². The number of piperidine rings is 2. The molecule has 2 aromatic rings. The Labute approximate surface area is 205 Å². The summed E-state index contributed by atoms with van der Waals surface area (Å²) < 4.78 is 34.0. The first-order chi connectivity index (χ1) is 17.0. The Morgan fingerprint density at radius 3 is 2.49 bits per heavy atom. The molecule has 1 aromatic carbocycles. The van der Waals surface area contributed by atoms with Crippen LogP contribution in [-0.4, -0.2) is 71.8 Å². The Hall–Kier alpha value is -2.51. The topological polar surface area (TPSA) is 141 Å². The van der Waals surface area contributed by atoms with E-state index in [9.17, 15) is 13.5 Å². The molecular formula is C23H33N7O4S. The molecule has 11 nitrogen and oxygen atoms in total. The number of hydrogen-bond acceptors (Lipinski definition) is 10. The average Bonchev–Trinajstić information content (AvgIpc) is 3.31. The van der Waals surface area contributed by atoms with Crippen LogP contribution in [0.25, 0.3) is 0 Å². The lowest BCUT2D eigenvalue weighted by atomic mass is 9.84. The van der Waals surface area contributed by atoms with Crippen LogP contribution >= 0.6 is 0 Å². The second-order valence-corrected chi connectivity index (χ2v) is 11.3. The summed E-state index contributed by atoms with van der Waals surface area (Å²) in [5.74, 6) is 1.47. The van der Waals surface area contributed by atoms with Crippen molar-refractivity contribution in [2.24, 2.45) is 0 Å². The number of nitrogens with zero attached hydrogens (tertiary/aromatic N) is 3. The van der Waals surface area contributed by atoms with Crippen molar-refractivity contribution in [2.45, 2.75) is 73.8 Å². The molecule has 0 aliphatic carbocycles. The third-order valence-electron chi connectivity index (χ3n) is 7.00. The summed E-state index contributed by atoms with van der Waals surface area (Å²) in [5, 5.41) is 16.1. The molecule has 190 valence electrons. The molecule has 1 aromatic heterocycles. The van der Waals surface area contributed by atoms with Gasteiger partial charge in [0.05, 0.1) is 24.8 Å². The number of ether oxygens (including phenoxy) is 1. The van der Waals surface area contributed by atoms with Gasteiger partial charge in [-0.25, -0.2) is 13.8 Å². The van der Waals surface area contributed by atoms with Crippen LogP contribution in [0.5, 0.6) is 5.88 Å². The smallest absolute Gasteiger partial charge is 0.243 e. The lowest BCUT2D eigenvalue weighted by Crippen LogP contribution is -2.56. The number of aliphatic hydroxyl groups is 1. The van der Waals surface area contributed by atoms with Crippen LogP contribution in [-0.2, 0) is 10.0 Å². The highest BCUT2D eigenvalue weighted by Gasteiger charge is 2.45. The normalized spacial score (nSPS) is 29.0. The highest BCUT2D eigenvalue weighted by atomic mass is 32.2. The maximum atomic E-state index is 13.4. The zero-order chi connectivity index (χ0) is 24.4. The molecule has 5 N–H and O–H groups in total. The van der Waals surface area contributed by atoms with Crippen molar-refractivity contribution < 1.29 is 18.3 Å². The number of aliphatic hydroxyl groups excluding tert-OH is 1. The van der Waals surface area contributed by atoms with Crippen LogP contribution in [0.4, 0.5) is 11.8 Å². The van der Waals surface area contributed by atoms with Gasteiger partial charge in [0, 0.05) is 36.7 Å². The van der Waals surface area contributed by atoms with Crippen molar-refractivity contribution in [1.82, 2.24) is 25.1 Å². The number of fused-ring (bicyclic) bond motifs is 2. The molecule has 0 radical (unpaired) electrons. The van der Waals surface area contributed by atoms with Crippen molar-refractivity contribution in [1.29, 1.82) is 0 Å². The number of benzene rings is 1. The molecule has 5 rings (SSSR count). The van der Waals surface area contributed by atoms with E-state index >= 15 is 0 Å². The summed E-state index contributed by atoms with van der Waals surface area (Å²) in [5.41, 5.74) is 6.13. The van der Waals surface area contributed by atoms with Crippen LogP contribution in [0.3, 0.4) is 0 Å². The van der Waals surface area contributed by atoms with Gasteiger partial charge in [-0.1, -0.05) is 24.6 Å². The van der Waals surface area contributed by atoms with E-state index < -0.39 is 10.0 Å². The summed E-state index contributed by atoms with van der Waals surface area (Å²) in [7, 11) is -1.98. The number of hydrogen-bond donors (Lipinski definition) is 5. The van der Waals surface area contributed by atoms with E-state index in [4.69, 9.17) is 4.74 Å². The monoisotopic (exact) mass is 503 g/mol. The first-order valence-corrected chi connectivity index (χ1v) is 13.6. The number of sulfonamides is 1. The van der Waals surface area contributed by atoms with Gasteiger partial charge in [-0.2, -0.15) is 14.3 Å². The minimum absolute atomic E-state index is 0.0226. The molecule has 3 fully saturated rings. The van der Waals surface area contributed by atoms with Crippen molar-refractivity contribution in [3.8, 4) is 5.88 Å². The van der Waals surface area contributed by atoms with Crippen molar-refractivity contribution in [3.63, 3.8) is 0 Å². The van der Waals surface area contributed by atoms with Gasteiger partial charge in [-0.05, 0) is 37.8 Å². The number of methoxy groups -OCH3 is 1. The van der Waals surface area contributed by atoms with Crippen LogP contribution < -0.4 is 26.2 Å². The van der Waals surface area contributed by atoms with Gasteiger partial charge in [-0.3, -0.25) is 5.43 Å². The number of anilines is 2. The van der Waals surface area contributed by atoms with Gasteiger partial charge >= 0.3 is 0 Å². The first-order valence-electron chi connectivity index (χ1n) is 12.1. The zero-order valence-electron chi connectivity index (χ0n) is 19.7. The Kier molecular flexibility index (Phi) is 7.07. The minimum atomic E-state index is -3.54. The third-order valence-corrected chi connectivity index (χ3v) is 9.01. The predicted molar refractivity (Wildman–Crippen MR) is 131 cm³/mol. The molecule has 3 aliphatic heterocycles. The lowest BCUT2D eigenvalue weighted by molar-refractivity contribution is 0.115. The molecule has 5 atom stereocenters. The van der Waals surface area contributed by atoms with E-state index in [1.807, 2.05) is 6.07 Å². The summed E-state index contributed by atoms with van der Waals surface area (Å²) in [6.07, 6.45) is 4.71. The molecule has 3 aliphatic rings. The number of hydrazine groups is 1. The van der Waals surface area contributed by atoms with Gasteiger partial charge in [0.25, 0.3) is 0 Å². The van der Waals surface area contributed by atoms with E-state index in [1.165, 1.54) is 0 Å². The summed E-state index contributed by atoms with van der Waals surface area (Å²) >= 11 is 0. The zero-order valence-corrected chi connectivity index (χ0v) is 20.5. The molecule has 0 saturated carbocycles. The van der Waals surface area contributed by atoms with E-state index in [0.29, 0.717) is 41.8 Å². The first kappa shape index (κ1) is 24.2. The van der Waals surface area contributed by atoms with Crippen LogP contribution in [0, 0.1) is 0 Å². The summed E-state index contributed by atoms with van der Waals surface area (Å²) in [6, 6.07) is 10.4. The molecule has 3 saturated heterocycles. The van der Waals surface area contributed by atoms with E-state index in [0.717, 1.165) is 19.3 Å². The fourth-order valence-electron chi connectivity index (χ4n) is 5.43. The van der Waals surface area contributed by atoms with Gasteiger partial charge < -0.3 is 20.5 Å². The minimum Gasteiger partial charge on any atom is -0.481 e. The van der Waals surface area contributed by atoms with E-state index in [-0.39, 0.29) is 36.9 Å². The van der Waals surface area contributed by atoms with Crippen LogP contribution in [0.1, 0.15) is 38.5 Å². The van der Waals surface area contributed by atoms with Crippen LogP contribution in [0.15, 0.2) is 41.3 Å². The quantitative estimate of drug-likeness (QED) is 0.358. The Morgan fingerprint density at radius 1 is 1.09 bits per heavy atom. The summed E-state index contributed by atoms with van der Waals surface area (Å²) in [4.78, 5) is 9.45. The lowest BCUT2D eigenvalue weighted by Gasteiger charge is -2.47. The van der Waals surface area contributed by atoms with Crippen LogP contribution in [0.2, 0.25) is 0 Å². The standard InChI is InChI=1S/C23H33N7O4S/c1-34-22-13-20(25-21-12-16(14-31)28-29-21)26-23(27-22)24-15-10-17-6-5-7-18(11-15)30(17)35(32,33)19-8-3-2-4-9-19/h2-4,8-9,13,15-18,21,28-29,31H,5-7,10-12,14H2,1H3,(H2,24,25,26,27)/t15?,16?,17-,18+,21?. The highest BCUT2D eigenvalue weighted by Crippen LogP contribution is 2.39. The maximum Gasteiger partial charge on any atom is 0.243 e. The number of rotatable bonds is 8. The van der Waals surface area contributed by atoms with Gasteiger partial charge in [0.1, 0.15) is 5.82 Å². The molecule has 0 amide bonds. The largest absolute Gasteiger partial charge is 0.481 e. The Morgan fingerprint density at radius 2 is 1.83 bits per heavy atom. The molecule has 2 bridgehead atoms. The average molecular weight is 504 g/mol. The molecule has 12 heteroatoms. The molecule has 35 heavy (non-hydrogen) atoms. The Balaban J connectivity index is 1.30. The predicted octanol–water partition coefficient (Wildman–Crippen LogP) is 1.27. The molecular weight excluding hydrogens is 470 g/mol. The SMILES string of the molecule is COc1cc(NC2CC(CO)NN2)nc(NC2C[C@H]3CCC[C@@H](C2)N3S(=O)(=O)c2ccccc2)n1. The second-order valence-electron chi connectivity index (χ2n) is 9.42. The van der Waals surface area contributed by atoms with Crippen molar-refractivity contribution in [3.05, 3.63) is 36.4 Å². The maximum absolute atomic E-state index is 13.4.